The van der Waals surface area contributed by atoms with E-state index in [1.54, 1.807) is 14.2 Å². The number of hydrogen-bond donors (Lipinski definition) is 0. The van der Waals surface area contributed by atoms with Crippen LogP contribution in [0.3, 0.4) is 0 Å². The van der Waals surface area contributed by atoms with Gasteiger partial charge in [-0.05, 0) is 12.1 Å². The summed E-state index contributed by atoms with van der Waals surface area (Å²) in [7, 11) is 3.37. The summed E-state index contributed by atoms with van der Waals surface area (Å²) < 4.78 is 21.3. The zero-order chi connectivity index (χ0) is 13.1. The van der Waals surface area contributed by atoms with Crippen LogP contribution in [0.15, 0.2) is 24.3 Å². The van der Waals surface area contributed by atoms with Crippen molar-refractivity contribution >= 4 is 0 Å². The summed E-state index contributed by atoms with van der Waals surface area (Å²) in [6.45, 7) is 2.67. The lowest BCUT2D eigenvalue weighted by molar-refractivity contribution is 0.163. The van der Waals surface area contributed by atoms with Crippen molar-refractivity contribution in [3.8, 4) is 11.5 Å². The molecule has 18 heavy (non-hydrogen) atoms. The minimum Gasteiger partial charge on any atom is -0.490 e. The maximum Gasteiger partial charge on any atom is 0.161 e. The van der Waals surface area contributed by atoms with Crippen LogP contribution in [0, 0.1) is 0 Å². The average Bonchev–Trinajstić information content (AvgIpc) is 2.41. The number of methoxy groups -OCH3 is 2. The zero-order valence-corrected chi connectivity index (χ0v) is 11.2. The Morgan fingerprint density at radius 2 is 1.17 bits per heavy atom. The average molecular weight is 254 g/mol. The Morgan fingerprint density at radius 1 is 0.722 bits per heavy atom. The van der Waals surface area contributed by atoms with Gasteiger partial charge in [-0.15, -0.1) is 0 Å². The molecule has 0 radical (unpaired) electrons. The lowest BCUT2D eigenvalue weighted by Gasteiger charge is -2.12. The van der Waals surface area contributed by atoms with Gasteiger partial charge in [0.05, 0.1) is 13.2 Å². The third-order valence-corrected chi connectivity index (χ3v) is 2.35. The molecule has 102 valence electrons. The van der Waals surface area contributed by atoms with Crippen LogP contribution < -0.4 is 9.47 Å². The number of para-hydroxylation sites is 2. The van der Waals surface area contributed by atoms with Gasteiger partial charge in [0.25, 0.3) is 0 Å². The fourth-order valence-electron chi connectivity index (χ4n) is 1.46. The molecule has 0 aliphatic carbocycles. The summed E-state index contributed by atoms with van der Waals surface area (Å²) in [5, 5.41) is 0. The monoisotopic (exact) mass is 254 g/mol. The normalized spacial score (nSPS) is 10.3. The van der Waals surface area contributed by atoms with Crippen LogP contribution in [0.25, 0.3) is 0 Å². The van der Waals surface area contributed by atoms with Crippen molar-refractivity contribution in [1.82, 2.24) is 0 Å². The Morgan fingerprint density at radius 3 is 1.56 bits per heavy atom. The molecule has 0 saturated heterocycles. The van der Waals surface area contributed by atoms with Crippen molar-refractivity contribution in [3.05, 3.63) is 24.3 Å². The van der Waals surface area contributed by atoms with Crippen LogP contribution in [0.2, 0.25) is 0 Å². The van der Waals surface area contributed by atoms with Crippen molar-refractivity contribution in [3.63, 3.8) is 0 Å². The van der Waals surface area contributed by atoms with Crippen LogP contribution in [-0.4, -0.2) is 40.6 Å². The second-order valence-corrected chi connectivity index (χ2v) is 3.84. The van der Waals surface area contributed by atoms with Crippen LogP contribution in [0.1, 0.15) is 12.8 Å². The van der Waals surface area contributed by atoms with Crippen LogP contribution in [0.4, 0.5) is 0 Å². The van der Waals surface area contributed by atoms with E-state index in [1.165, 1.54) is 0 Å². The largest absolute Gasteiger partial charge is 0.490 e. The molecular formula is C14H22O4. The molecule has 0 bridgehead atoms. The van der Waals surface area contributed by atoms with Gasteiger partial charge in [0.1, 0.15) is 0 Å². The van der Waals surface area contributed by atoms with E-state index < -0.39 is 0 Å². The first-order chi connectivity index (χ1) is 8.88. The van der Waals surface area contributed by atoms with Gasteiger partial charge >= 0.3 is 0 Å². The SMILES string of the molecule is COCCCOc1ccccc1OCCCOC. The Hall–Kier alpha value is -1.26. The molecule has 1 aromatic rings. The highest BCUT2D eigenvalue weighted by Gasteiger charge is 2.03. The third-order valence-electron chi connectivity index (χ3n) is 2.35. The van der Waals surface area contributed by atoms with E-state index in [0.29, 0.717) is 26.4 Å². The number of ether oxygens (including phenoxy) is 4. The van der Waals surface area contributed by atoms with Crippen LogP contribution >= 0.6 is 0 Å². The highest BCUT2D eigenvalue weighted by atomic mass is 16.5. The smallest absolute Gasteiger partial charge is 0.161 e. The lowest BCUT2D eigenvalue weighted by Crippen LogP contribution is -2.05. The molecule has 0 saturated carbocycles. The predicted octanol–water partition coefficient (Wildman–Crippen LogP) is 2.52. The maximum absolute atomic E-state index is 5.66. The summed E-state index contributed by atoms with van der Waals surface area (Å²) in [6.07, 6.45) is 1.74. The standard InChI is InChI=1S/C14H22O4/c1-15-9-5-11-17-13-7-3-4-8-14(13)18-12-6-10-16-2/h3-4,7-8H,5-6,9-12H2,1-2H3. The third kappa shape index (κ3) is 5.89. The second-order valence-electron chi connectivity index (χ2n) is 3.84. The fraction of sp³-hybridized carbons (Fsp3) is 0.571. The van der Waals surface area contributed by atoms with E-state index in [-0.39, 0.29) is 0 Å². The first-order valence-corrected chi connectivity index (χ1v) is 6.21. The molecule has 0 N–H and O–H groups in total. The fourth-order valence-corrected chi connectivity index (χ4v) is 1.46. The molecule has 0 heterocycles. The van der Waals surface area contributed by atoms with Gasteiger partial charge in [-0.25, -0.2) is 0 Å². The molecule has 4 nitrogen and oxygen atoms in total. The Bertz CT molecular complexity index is 283. The van der Waals surface area contributed by atoms with Crippen molar-refractivity contribution < 1.29 is 18.9 Å². The Kier molecular flexibility index (Phi) is 8.01. The van der Waals surface area contributed by atoms with E-state index in [4.69, 9.17) is 18.9 Å². The minimum absolute atomic E-state index is 0.631. The maximum atomic E-state index is 5.66. The molecule has 0 aliphatic heterocycles. The minimum atomic E-state index is 0.631. The molecule has 0 unspecified atom stereocenters. The molecule has 4 heteroatoms. The topological polar surface area (TPSA) is 36.9 Å². The van der Waals surface area contributed by atoms with Gasteiger partial charge in [0, 0.05) is 40.3 Å². The van der Waals surface area contributed by atoms with Gasteiger partial charge in [0.2, 0.25) is 0 Å². The number of hydrogen-bond acceptors (Lipinski definition) is 4. The summed E-state index contributed by atoms with van der Waals surface area (Å²) in [6, 6.07) is 7.71. The van der Waals surface area contributed by atoms with Gasteiger partial charge in [0.15, 0.2) is 11.5 Å². The van der Waals surface area contributed by atoms with Gasteiger partial charge in [-0.1, -0.05) is 12.1 Å². The molecule has 0 amide bonds. The lowest BCUT2D eigenvalue weighted by atomic mass is 10.3. The molecule has 0 spiro atoms. The van der Waals surface area contributed by atoms with Crippen molar-refractivity contribution in [1.29, 1.82) is 0 Å². The van der Waals surface area contributed by atoms with Gasteiger partial charge in [-0.3, -0.25) is 0 Å². The quantitative estimate of drug-likeness (QED) is 0.601. The van der Waals surface area contributed by atoms with E-state index >= 15 is 0 Å². The van der Waals surface area contributed by atoms with Crippen LogP contribution in [-0.2, 0) is 9.47 Å². The second kappa shape index (κ2) is 9.74. The number of benzene rings is 1. The molecule has 0 atom stereocenters. The van der Waals surface area contributed by atoms with Crippen LogP contribution in [0.5, 0.6) is 11.5 Å². The Labute approximate surface area is 109 Å². The summed E-state index contributed by atoms with van der Waals surface area (Å²) >= 11 is 0. The van der Waals surface area contributed by atoms with E-state index in [1.807, 2.05) is 24.3 Å². The van der Waals surface area contributed by atoms with E-state index in [9.17, 15) is 0 Å². The van der Waals surface area contributed by atoms with E-state index in [0.717, 1.165) is 24.3 Å². The molecule has 0 fully saturated rings. The van der Waals surface area contributed by atoms with Crippen molar-refractivity contribution in [2.75, 3.05) is 40.6 Å². The van der Waals surface area contributed by atoms with Gasteiger partial charge < -0.3 is 18.9 Å². The molecule has 0 aromatic heterocycles. The zero-order valence-electron chi connectivity index (χ0n) is 11.2. The van der Waals surface area contributed by atoms with Gasteiger partial charge in [-0.2, -0.15) is 0 Å². The predicted molar refractivity (Wildman–Crippen MR) is 70.4 cm³/mol. The van der Waals surface area contributed by atoms with Crippen molar-refractivity contribution in [2.24, 2.45) is 0 Å². The highest BCUT2D eigenvalue weighted by molar-refractivity contribution is 5.39. The summed E-state index contributed by atoms with van der Waals surface area (Å²) in [5.41, 5.74) is 0. The summed E-state index contributed by atoms with van der Waals surface area (Å²) in [5.74, 6) is 1.57. The highest BCUT2D eigenvalue weighted by Crippen LogP contribution is 2.26. The first-order valence-electron chi connectivity index (χ1n) is 6.21. The molecular weight excluding hydrogens is 232 g/mol. The Balaban J connectivity index is 2.36. The molecule has 1 rings (SSSR count). The summed E-state index contributed by atoms with van der Waals surface area (Å²) in [4.78, 5) is 0. The number of rotatable bonds is 10. The first kappa shape index (κ1) is 14.8. The van der Waals surface area contributed by atoms with Crippen molar-refractivity contribution in [2.45, 2.75) is 12.8 Å². The molecule has 0 aliphatic rings. The van der Waals surface area contributed by atoms with E-state index in [2.05, 4.69) is 0 Å². The molecule has 1 aromatic carbocycles.